The maximum atomic E-state index is 5.84. The van der Waals surface area contributed by atoms with E-state index >= 15 is 0 Å². The van der Waals surface area contributed by atoms with Crippen molar-refractivity contribution >= 4 is 0 Å². The molecule has 2 heteroatoms. The molecule has 1 unspecified atom stereocenters. The molecule has 1 aliphatic carbocycles. The van der Waals surface area contributed by atoms with Crippen molar-refractivity contribution in [2.45, 2.75) is 51.2 Å². The van der Waals surface area contributed by atoms with Crippen LogP contribution in [0.25, 0.3) is 0 Å². The SMILES string of the molecule is CC(C)CC(NC1CC(N)C1)c1ccccc1. The summed E-state index contributed by atoms with van der Waals surface area (Å²) >= 11 is 0. The van der Waals surface area contributed by atoms with Crippen molar-refractivity contribution in [2.24, 2.45) is 11.7 Å². The maximum Gasteiger partial charge on any atom is 0.0325 e. The first-order chi connectivity index (χ1) is 8.15. The lowest BCUT2D eigenvalue weighted by atomic mass is 9.85. The van der Waals surface area contributed by atoms with Crippen LogP contribution < -0.4 is 11.1 Å². The van der Waals surface area contributed by atoms with E-state index in [1.807, 2.05) is 0 Å². The molecule has 0 aromatic heterocycles. The van der Waals surface area contributed by atoms with Crippen molar-refractivity contribution in [3.8, 4) is 0 Å². The summed E-state index contributed by atoms with van der Waals surface area (Å²) in [7, 11) is 0. The topological polar surface area (TPSA) is 38.0 Å². The van der Waals surface area contributed by atoms with Gasteiger partial charge < -0.3 is 11.1 Å². The van der Waals surface area contributed by atoms with Crippen LogP contribution in [0.3, 0.4) is 0 Å². The average Bonchev–Trinajstić information content (AvgIpc) is 2.26. The molecule has 0 radical (unpaired) electrons. The molecule has 3 N–H and O–H groups in total. The highest BCUT2D eigenvalue weighted by Crippen LogP contribution is 2.26. The van der Waals surface area contributed by atoms with Gasteiger partial charge in [-0.25, -0.2) is 0 Å². The molecule has 0 amide bonds. The van der Waals surface area contributed by atoms with Gasteiger partial charge in [-0.2, -0.15) is 0 Å². The molecule has 1 aromatic carbocycles. The number of hydrogen-bond donors (Lipinski definition) is 2. The van der Waals surface area contributed by atoms with Crippen molar-refractivity contribution < 1.29 is 0 Å². The Balaban J connectivity index is 1.98. The molecule has 1 atom stereocenters. The fraction of sp³-hybridized carbons (Fsp3) is 0.600. The third kappa shape index (κ3) is 3.55. The van der Waals surface area contributed by atoms with Crippen LogP contribution in [0.1, 0.15) is 44.7 Å². The van der Waals surface area contributed by atoms with Crippen molar-refractivity contribution in [3.63, 3.8) is 0 Å². The Morgan fingerprint density at radius 3 is 2.41 bits per heavy atom. The second kappa shape index (κ2) is 5.65. The summed E-state index contributed by atoms with van der Waals surface area (Å²) in [5.74, 6) is 0.710. The highest BCUT2D eigenvalue weighted by Gasteiger charge is 2.28. The average molecular weight is 232 g/mol. The zero-order valence-corrected chi connectivity index (χ0v) is 10.9. The highest BCUT2D eigenvalue weighted by atomic mass is 15.0. The molecule has 2 rings (SSSR count). The van der Waals surface area contributed by atoms with E-state index in [-0.39, 0.29) is 0 Å². The van der Waals surface area contributed by atoms with Crippen LogP contribution in [-0.4, -0.2) is 12.1 Å². The van der Waals surface area contributed by atoms with E-state index < -0.39 is 0 Å². The van der Waals surface area contributed by atoms with Gasteiger partial charge in [-0.1, -0.05) is 44.2 Å². The molecule has 0 spiro atoms. The Labute approximate surface area is 105 Å². The number of benzene rings is 1. The van der Waals surface area contributed by atoms with Crippen molar-refractivity contribution in [1.82, 2.24) is 5.32 Å². The minimum atomic E-state index is 0.419. The molecule has 17 heavy (non-hydrogen) atoms. The Bertz CT molecular complexity index is 328. The van der Waals surface area contributed by atoms with E-state index in [2.05, 4.69) is 49.5 Å². The predicted molar refractivity (Wildman–Crippen MR) is 72.8 cm³/mol. The zero-order valence-electron chi connectivity index (χ0n) is 10.9. The van der Waals surface area contributed by atoms with Crippen molar-refractivity contribution in [1.29, 1.82) is 0 Å². The summed E-state index contributed by atoms with van der Waals surface area (Å²) in [4.78, 5) is 0. The zero-order chi connectivity index (χ0) is 12.3. The van der Waals surface area contributed by atoms with Crippen LogP contribution in [-0.2, 0) is 0 Å². The smallest absolute Gasteiger partial charge is 0.0325 e. The molecule has 94 valence electrons. The first-order valence-electron chi connectivity index (χ1n) is 6.71. The maximum absolute atomic E-state index is 5.84. The van der Waals surface area contributed by atoms with Crippen molar-refractivity contribution in [3.05, 3.63) is 35.9 Å². The standard InChI is InChI=1S/C15H24N2/c1-11(2)8-15(12-6-4-3-5-7-12)17-14-9-13(16)10-14/h3-7,11,13-15,17H,8-10,16H2,1-2H3. The molecular weight excluding hydrogens is 208 g/mol. The second-order valence-corrected chi connectivity index (χ2v) is 5.69. The number of hydrogen-bond acceptors (Lipinski definition) is 2. The number of nitrogens with one attached hydrogen (secondary N) is 1. The van der Waals surface area contributed by atoms with Gasteiger partial charge in [-0.15, -0.1) is 0 Å². The Morgan fingerprint density at radius 2 is 1.88 bits per heavy atom. The fourth-order valence-corrected chi connectivity index (χ4v) is 2.54. The van der Waals surface area contributed by atoms with Gasteiger partial charge in [0.25, 0.3) is 0 Å². The van der Waals surface area contributed by atoms with Crippen LogP contribution in [0.4, 0.5) is 0 Å². The van der Waals surface area contributed by atoms with Crippen LogP contribution in [0.15, 0.2) is 30.3 Å². The third-order valence-electron chi connectivity index (χ3n) is 3.52. The van der Waals surface area contributed by atoms with Gasteiger partial charge in [-0.05, 0) is 30.7 Å². The van der Waals surface area contributed by atoms with Gasteiger partial charge >= 0.3 is 0 Å². The third-order valence-corrected chi connectivity index (χ3v) is 3.52. The van der Waals surface area contributed by atoms with E-state index in [0.717, 1.165) is 12.8 Å². The summed E-state index contributed by atoms with van der Waals surface area (Å²) in [6.07, 6.45) is 3.44. The number of rotatable bonds is 5. The van der Waals surface area contributed by atoms with Crippen LogP contribution >= 0.6 is 0 Å². The number of nitrogens with two attached hydrogens (primary N) is 1. The van der Waals surface area contributed by atoms with Crippen LogP contribution in [0.2, 0.25) is 0 Å². The lowest BCUT2D eigenvalue weighted by molar-refractivity contribution is 0.253. The van der Waals surface area contributed by atoms with E-state index in [1.54, 1.807) is 0 Å². The second-order valence-electron chi connectivity index (χ2n) is 5.69. The Hall–Kier alpha value is -0.860. The first kappa shape index (κ1) is 12.6. The molecule has 0 aliphatic heterocycles. The molecular formula is C15H24N2. The van der Waals surface area contributed by atoms with Gasteiger partial charge in [0, 0.05) is 18.1 Å². The van der Waals surface area contributed by atoms with Gasteiger partial charge in [0.05, 0.1) is 0 Å². The monoisotopic (exact) mass is 232 g/mol. The molecule has 1 saturated carbocycles. The minimum absolute atomic E-state index is 0.419. The van der Waals surface area contributed by atoms with Gasteiger partial charge in [-0.3, -0.25) is 0 Å². The lowest BCUT2D eigenvalue weighted by Gasteiger charge is -2.37. The molecule has 1 fully saturated rings. The molecule has 1 aromatic rings. The van der Waals surface area contributed by atoms with Crippen LogP contribution in [0, 0.1) is 5.92 Å². The van der Waals surface area contributed by atoms with Gasteiger partial charge in [0.15, 0.2) is 0 Å². The minimum Gasteiger partial charge on any atom is -0.328 e. The van der Waals surface area contributed by atoms with E-state index in [1.165, 1.54) is 12.0 Å². The summed E-state index contributed by atoms with van der Waals surface area (Å²) < 4.78 is 0. The molecule has 2 nitrogen and oxygen atoms in total. The molecule has 0 saturated heterocycles. The quantitative estimate of drug-likeness (QED) is 0.819. The van der Waals surface area contributed by atoms with E-state index in [9.17, 15) is 0 Å². The summed E-state index contributed by atoms with van der Waals surface area (Å²) in [5.41, 5.74) is 7.25. The fourth-order valence-electron chi connectivity index (χ4n) is 2.54. The molecule has 1 aliphatic rings. The normalized spacial score (nSPS) is 25.6. The van der Waals surface area contributed by atoms with Gasteiger partial charge in [0.2, 0.25) is 0 Å². The van der Waals surface area contributed by atoms with Gasteiger partial charge in [0.1, 0.15) is 0 Å². The van der Waals surface area contributed by atoms with E-state index in [0.29, 0.717) is 24.0 Å². The van der Waals surface area contributed by atoms with Crippen LogP contribution in [0.5, 0.6) is 0 Å². The predicted octanol–water partition coefficient (Wildman–Crippen LogP) is 2.85. The van der Waals surface area contributed by atoms with Crippen molar-refractivity contribution in [2.75, 3.05) is 0 Å². The Kier molecular flexibility index (Phi) is 4.19. The molecule has 0 bridgehead atoms. The molecule has 0 heterocycles. The summed E-state index contributed by atoms with van der Waals surface area (Å²) in [6.45, 7) is 4.56. The largest absolute Gasteiger partial charge is 0.328 e. The Morgan fingerprint density at radius 1 is 1.24 bits per heavy atom. The summed E-state index contributed by atoms with van der Waals surface area (Å²) in [5, 5.41) is 3.75. The summed E-state index contributed by atoms with van der Waals surface area (Å²) in [6, 6.07) is 12.3. The highest BCUT2D eigenvalue weighted by molar-refractivity contribution is 5.19. The van der Waals surface area contributed by atoms with E-state index in [4.69, 9.17) is 5.73 Å². The first-order valence-corrected chi connectivity index (χ1v) is 6.71. The lowest BCUT2D eigenvalue weighted by Crippen LogP contribution is -2.49.